The first-order valence-corrected chi connectivity index (χ1v) is 10.7. The van der Waals surface area contributed by atoms with Gasteiger partial charge in [-0.1, -0.05) is 0 Å². The number of esters is 1. The monoisotopic (exact) mass is 425 g/mol. The summed E-state index contributed by atoms with van der Waals surface area (Å²) in [6.45, 7) is 1.87. The molecule has 0 saturated heterocycles. The number of rotatable bonds is 5. The SMILES string of the molecule is COC(=O)c1sccc1NC(=O)/C=C(\C)c1cc2c3c(oc2cc1OC)CCCC3. The molecular formula is C23H23NO5S. The quantitative estimate of drug-likeness (QED) is 0.448. The average Bonchev–Trinajstić information content (AvgIpc) is 3.35. The number of nitrogens with one attached hydrogen (secondary N) is 1. The first-order valence-electron chi connectivity index (χ1n) is 9.79. The lowest BCUT2D eigenvalue weighted by Crippen LogP contribution is -2.11. The Kier molecular flexibility index (Phi) is 5.63. The highest BCUT2D eigenvalue weighted by Gasteiger charge is 2.21. The normalized spacial score (nSPS) is 13.8. The second kappa shape index (κ2) is 8.36. The highest BCUT2D eigenvalue weighted by atomic mass is 32.1. The number of hydrogen-bond donors (Lipinski definition) is 1. The summed E-state index contributed by atoms with van der Waals surface area (Å²) < 4.78 is 16.4. The Bertz CT molecular complexity index is 1150. The molecule has 1 amide bonds. The number of ether oxygens (including phenoxy) is 2. The summed E-state index contributed by atoms with van der Waals surface area (Å²) in [6.07, 6.45) is 5.78. The van der Waals surface area contributed by atoms with E-state index in [4.69, 9.17) is 13.9 Å². The van der Waals surface area contributed by atoms with Gasteiger partial charge in [0.05, 0.1) is 19.9 Å². The van der Waals surface area contributed by atoms with E-state index < -0.39 is 5.97 Å². The molecule has 1 aromatic carbocycles. The second-order valence-electron chi connectivity index (χ2n) is 7.23. The molecule has 6 nitrogen and oxygen atoms in total. The van der Waals surface area contributed by atoms with E-state index in [9.17, 15) is 9.59 Å². The van der Waals surface area contributed by atoms with Crippen LogP contribution in [0, 0.1) is 0 Å². The van der Waals surface area contributed by atoms with E-state index in [-0.39, 0.29) is 5.91 Å². The largest absolute Gasteiger partial charge is 0.496 e. The van der Waals surface area contributed by atoms with Gasteiger partial charge in [0.1, 0.15) is 22.0 Å². The number of benzene rings is 1. The van der Waals surface area contributed by atoms with Crippen molar-refractivity contribution in [2.24, 2.45) is 0 Å². The molecule has 4 rings (SSSR count). The number of carbonyl (C=O) groups excluding carboxylic acids is 2. The van der Waals surface area contributed by atoms with Gasteiger partial charge in [0.15, 0.2) is 0 Å². The summed E-state index contributed by atoms with van der Waals surface area (Å²) in [5, 5.41) is 5.58. The fourth-order valence-electron chi connectivity index (χ4n) is 3.87. The van der Waals surface area contributed by atoms with Gasteiger partial charge in [-0.15, -0.1) is 11.3 Å². The number of carbonyl (C=O) groups is 2. The number of thiophene rings is 1. The zero-order valence-electron chi connectivity index (χ0n) is 17.2. The topological polar surface area (TPSA) is 77.8 Å². The van der Waals surface area contributed by atoms with Crippen molar-refractivity contribution in [2.45, 2.75) is 32.6 Å². The number of furan rings is 1. The molecule has 0 saturated carbocycles. The highest BCUT2D eigenvalue weighted by molar-refractivity contribution is 7.12. The Labute approximate surface area is 178 Å². The number of fused-ring (bicyclic) bond motifs is 3. The van der Waals surface area contributed by atoms with Gasteiger partial charge in [-0.2, -0.15) is 0 Å². The molecule has 0 bridgehead atoms. The molecule has 2 heterocycles. The average molecular weight is 426 g/mol. The van der Waals surface area contributed by atoms with Gasteiger partial charge in [0, 0.05) is 35.1 Å². The van der Waals surface area contributed by atoms with E-state index in [1.165, 1.54) is 30.1 Å². The Hall–Kier alpha value is -3.06. The maximum Gasteiger partial charge on any atom is 0.350 e. The molecular weight excluding hydrogens is 402 g/mol. The van der Waals surface area contributed by atoms with Crippen LogP contribution in [0.3, 0.4) is 0 Å². The van der Waals surface area contributed by atoms with Crippen molar-refractivity contribution in [3.05, 3.63) is 51.4 Å². The first kappa shape index (κ1) is 20.2. The van der Waals surface area contributed by atoms with Crippen LogP contribution < -0.4 is 10.1 Å². The summed E-state index contributed by atoms with van der Waals surface area (Å²) >= 11 is 1.22. The van der Waals surface area contributed by atoms with Crippen molar-refractivity contribution in [1.29, 1.82) is 0 Å². The lowest BCUT2D eigenvalue weighted by molar-refractivity contribution is -0.111. The Balaban J connectivity index is 1.65. The summed E-state index contributed by atoms with van der Waals surface area (Å²) in [7, 11) is 2.92. The Morgan fingerprint density at radius 3 is 2.77 bits per heavy atom. The van der Waals surface area contributed by atoms with Crippen LogP contribution in [0.5, 0.6) is 5.75 Å². The van der Waals surface area contributed by atoms with Crippen LogP contribution >= 0.6 is 11.3 Å². The molecule has 1 N–H and O–H groups in total. The van der Waals surface area contributed by atoms with Gasteiger partial charge in [-0.25, -0.2) is 4.79 Å². The standard InChI is InChI=1S/C23H23NO5S/c1-13(10-21(25)24-17-8-9-30-22(17)23(26)28-3)15-11-16-14-6-4-5-7-18(14)29-20(16)12-19(15)27-2/h8-12H,4-7H2,1-3H3,(H,24,25)/b13-10+. The van der Waals surface area contributed by atoms with Gasteiger partial charge in [0.2, 0.25) is 5.91 Å². The van der Waals surface area contributed by atoms with E-state index in [1.807, 2.05) is 19.1 Å². The van der Waals surface area contributed by atoms with Crippen LogP contribution in [-0.4, -0.2) is 26.1 Å². The van der Waals surface area contributed by atoms with Gasteiger partial charge in [-0.05, 0) is 49.3 Å². The molecule has 1 aliphatic carbocycles. The maximum absolute atomic E-state index is 12.6. The fourth-order valence-corrected chi connectivity index (χ4v) is 4.63. The van der Waals surface area contributed by atoms with Crippen LogP contribution in [-0.2, 0) is 22.4 Å². The Morgan fingerprint density at radius 1 is 1.20 bits per heavy atom. The number of hydrogen-bond acceptors (Lipinski definition) is 6. The zero-order valence-corrected chi connectivity index (χ0v) is 18.0. The summed E-state index contributed by atoms with van der Waals surface area (Å²) in [5.74, 6) is 0.911. The third kappa shape index (κ3) is 3.73. The molecule has 0 aliphatic heterocycles. The molecule has 0 fully saturated rings. The number of allylic oxidation sites excluding steroid dienone is 1. The van der Waals surface area contributed by atoms with Crippen LogP contribution in [0.4, 0.5) is 5.69 Å². The maximum atomic E-state index is 12.6. The van der Waals surface area contributed by atoms with Crippen molar-refractivity contribution in [1.82, 2.24) is 0 Å². The summed E-state index contributed by atoms with van der Waals surface area (Å²) in [4.78, 5) is 24.8. The van der Waals surface area contributed by atoms with Crippen LogP contribution in [0.25, 0.3) is 16.5 Å². The molecule has 1 aliphatic rings. The van der Waals surface area contributed by atoms with E-state index in [2.05, 4.69) is 5.32 Å². The fraction of sp³-hybridized carbons (Fsp3) is 0.304. The molecule has 3 aromatic rings. The van der Waals surface area contributed by atoms with Crippen molar-refractivity contribution in [2.75, 3.05) is 19.5 Å². The Morgan fingerprint density at radius 2 is 2.00 bits per heavy atom. The van der Waals surface area contributed by atoms with E-state index in [1.54, 1.807) is 18.6 Å². The molecule has 156 valence electrons. The zero-order chi connectivity index (χ0) is 21.3. The third-order valence-electron chi connectivity index (χ3n) is 5.34. The molecule has 0 spiro atoms. The molecule has 0 atom stereocenters. The number of amides is 1. The van der Waals surface area contributed by atoms with Crippen molar-refractivity contribution < 1.29 is 23.5 Å². The lowest BCUT2D eigenvalue weighted by Gasteiger charge is -2.11. The summed E-state index contributed by atoms with van der Waals surface area (Å²) in [6, 6.07) is 5.63. The van der Waals surface area contributed by atoms with Crippen LogP contribution in [0.1, 0.15) is 46.3 Å². The van der Waals surface area contributed by atoms with Gasteiger partial charge >= 0.3 is 5.97 Å². The smallest absolute Gasteiger partial charge is 0.350 e. The van der Waals surface area contributed by atoms with Crippen molar-refractivity contribution >= 4 is 45.4 Å². The van der Waals surface area contributed by atoms with Crippen LogP contribution in [0.15, 0.2) is 34.1 Å². The minimum Gasteiger partial charge on any atom is -0.496 e. The van der Waals surface area contributed by atoms with E-state index in [0.717, 1.165) is 53.5 Å². The second-order valence-corrected chi connectivity index (χ2v) is 8.15. The van der Waals surface area contributed by atoms with Gasteiger partial charge in [-0.3, -0.25) is 4.79 Å². The predicted octanol–water partition coefficient (Wildman–Crippen LogP) is 5.21. The first-order chi connectivity index (χ1) is 14.5. The van der Waals surface area contributed by atoms with Crippen molar-refractivity contribution in [3.63, 3.8) is 0 Å². The minimum absolute atomic E-state index is 0.326. The van der Waals surface area contributed by atoms with Crippen molar-refractivity contribution in [3.8, 4) is 5.75 Å². The van der Waals surface area contributed by atoms with E-state index in [0.29, 0.717) is 16.3 Å². The summed E-state index contributed by atoms with van der Waals surface area (Å²) in [5.41, 5.74) is 4.12. The van der Waals surface area contributed by atoms with Gasteiger partial charge < -0.3 is 19.2 Å². The number of methoxy groups -OCH3 is 2. The predicted molar refractivity (Wildman–Crippen MR) is 117 cm³/mol. The molecule has 2 aromatic heterocycles. The minimum atomic E-state index is -0.474. The third-order valence-corrected chi connectivity index (χ3v) is 6.24. The van der Waals surface area contributed by atoms with Crippen LogP contribution in [0.2, 0.25) is 0 Å². The number of anilines is 1. The molecule has 0 unspecified atom stereocenters. The molecule has 30 heavy (non-hydrogen) atoms. The van der Waals surface area contributed by atoms with E-state index >= 15 is 0 Å². The molecule has 0 radical (unpaired) electrons. The van der Waals surface area contributed by atoms with Gasteiger partial charge in [0.25, 0.3) is 0 Å². The lowest BCUT2D eigenvalue weighted by atomic mass is 9.94. The highest BCUT2D eigenvalue weighted by Crippen LogP contribution is 2.38. The number of aryl methyl sites for hydroxylation is 2. The molecule has 7 heteroatoms.